The number of hydrogen-bond acceptors (Lipinski definition) is 7. The van der Waals surface area contributed by atoms with Gasteiger partial charge in [-0.15, -0.1) is 0 Å². The fourth-order valence-electron chi connectivity index (χ4n) is 4.86. The van der Waals surface area contributed by atoms with Crippen molar-refractivity contribution >= 4 is 29.7 Å². The number of benzene rings is 3. The number of aliphatic hydroxyl groups is 1. The van der Waals surface area contributed by atoms with Crippen molar-refractivity contribution in [2.45, 2.75) is 18.4 Å². The highest BCUT2D eigenvalue weighted by molar-refractivity contribution is 7.07. The van der Waals surface area contributed by atoms with Crippen LogP contribution in [0.25, 0.3) is 0 Å². The molecule has 0 radical (unpaired) electrons. The van der Waals surface area contributed by atoms with Crippen molar-refractivity contribution in [2.75, 3.05) is 12.3 Å². The van der Waals surface area contributed by atoms with E-state index in [1.165, 1.54) is 16.8 Å². The number of aliphatic hydroxyl groups excluding tert-OH is 1. The molecule has 8 nitrogen and oxygen atoms in total. The Morgan fingerprint density at radius 1 is 0.946 bits per heavy atom. The Kier molecular flexibility index (Phi) is 6.99. The fourth-order valence-corrected chi connectivity index (χ4v) is 8.76. The summed E-state index contributed by atoms with van der Waals surface area (Å²) in [6, 6.07) is 33.6. The zero-order valence-corrected chi connectivity index (χ0v) is 20.9. The molecule has 0 amide bonds. The highest BCUT2D eigenvalue weighted by Crippen LogP contribution is 2.34. The molecule has 4 atom stereocenters. The molecule has 1 aliphatic rings. The number of hydrogen-bond donors (Lipinski definition) is 2. The average Bonchev–Trinajstić information content (AvgIpc) is 3.25. The first-order valence-electron chi connectivity index (χ1n) is 11.9. The smallest absolute Gasteiger partial charge is 0.351 e. The zero-order valence-electron chi connectivity index (χ0n) is 19.9. The van der Waals surface area contributed by atoms with E-state index in [0.717, 1.165) is 15.6 Å². The maximum Gasteiger partial charge on any atom is 0.351 e. The lowest BCUT2D eigenvalue weighted by atomic mass is 10.0. The third-order valence-corrected chi connectivity index (χ3v) is 10.7. The molecule has 0 saturated carbocycles. The van der Waals surface area contributed by atoms with E-state index in [1.807, 2.05) is 54.6 Å². The van der Waals surface area contributed by atoms with Crippen molar-refractivity contribution in [3.8, 4) is 6.07 Å². The zero-order chi connectivity index (χ0) is 25.8. The molecule has 37 heavy (non-hydrogen) atoms. The van der Waals surface area contributed by atoms with Gasteiger partial charge in [0, 0.05) is 6.20 Å². The van der Waals surface area contributed by atoms with E-state index in [9.17, 15) is 15.2 Å². The molecular weight excluding hydrogens is 484 g/mol. The van der Waals surface area contributed by atoms with Gasteiger partial charge < -0.3 is 20.0 Å². The van der Waals surface area contributed by atoms with Crippen LogP contribution in [0.15, 0.2) is 108 Å². The number of nitrogens with two attached hydrogens (primary N) is 1. The standard InChI is InChI=1S/C28H26N4O4Si/c29-18-23-26(33)24(36-27(23)32-17-16-25(30)31-28(32)34)19-35-37(20-10-4-1-5-11-20,21-12-6-2-7-13-21)22-14-8-3-9-15-22/h1-17,23-24,26-27,33H,19H2,(H2,30,31,34)/t23-,24+,26-,27+/m0/s1. The Hall–Kier alpha value is -4.07. The number of anilines is 1. The monoisotopic (exact) mass is 510 g/mol. The van der Waals surface area contributed by atoms with Crippen molar-refractivity contribution in [1.29, 1.82) is 5.26 Å². The molecule has 1 fully saturated rings. The minimum absolute atomic E-state index is 0.0118. The molecule has 9 heteroatoms. The minimum atomic E-state index is -3.04. The summed E-state index contributed by atoms with van der Waals surface area (Å²) in [5.74, 6) is -0.921. The van der Waals surface area contributed by atoms with E-state index in [1.54, 1.807) is 0 Å². The van der Waals surface area contributed by atoms with Gasteiger partial charge in [0.2, 0.25) is 0 Å². The van der Waals surface area contributed by atoms with Gasteiger partial charge in [0.1, 0.15) is 23.9 Å². The van der Waals surface area contributed by atoms with Crippen LogP contribution in [-0.4, -0.2) is 41.8 Å². The SMILES string of the molecule is N#C[C@H]1[C@H](O)[C@@H](CO[Si](c2ccccc2)(c2ccccc2)c2ccccc2)O[C@H]1n1ccc(N)nc1=O. The number of nitrogens with zero attached hydrogens (tertiary/aromatic N) is 3. The van der Waals surface area contributed by atoms with Crippen LogP contribution in [-0.2, 0) is 9.16 Å². The van der Waals surface area contributed by atoms with E-state index >= 15 is 0 Å². The van der Waals surface area contributed by atoms with Crippen LogP contribution in [0.2, 0.25) is 0 Å². The van der Waals surface area contributed by atoms with Gasteiger partial charge in [0.15, 0.2) is 6.23 Å². The predicted molar refractivity (Wildman–Crippen MR) is 142 cm³/mol. The molecule has 5 rings (SSSR count). The maximum atomic E-state index is 12.5. The summed E-state index contributed by atoms with van der Waals surface area (Å²) in [6.45, 7) is 0.0118. The van der Waals surface area contributed by atoms with Gasteiger partial charge in [-0.25, -0.2) is 4.79 Å². The van der Waals surface area contributed by atoms with Gasteiger partial charge in [-0.1, -0.05) is 91.0 Å². The number of nitrogen functional groups attached to an aromatic ring is 1. The number of aromatic nitrogens is 2. The molecule has 4 aromatic rings. The van der Waals surface area contributed by atoms with E-state index < -0.39 is 38.4 Å². The quantitative estimate of drug-likeness (QED) is 0.280. The lowest BCUT2D eigenvalue weighted by Crippen LogP contribution is -2.70. The second-order valence-electron chi connectivity index (χ2n) is 8.84. The maximum absolute atomic E-state index is 12.5. The van der Waals surface area contributed by atoms with Crippen LogP contribution in [0.5, 0.6) is 0 Å². The van der Waals surface area contributed by atoms with Gasteiger partial charge in [-0.05, 0) is 21.6 Å². The van der Waals surface area contributed by atoms with Gasteiger partial charge in [-0.3, -0.25) is 4.57 Å². The van der Waals surface area contributed by atoms with Gasteiger partial charge >= 0.3 is 5.69 Å². The Morgan fingerprint density at radius 3 is 1.92 bits per heavy atom. The molecule has 2 heterocycles. The van der Waals surface area contributed by atoms with Crippen molar-refractivity contribution < 1.29 is 14.3 Å². The first kappa shape index (κ1) is 24.6. The Labute approximate surface area is 215 Å². The number of ether oxygens (including phenoxy) is 1. The lowest BCUT2D eigenvalue weighted by molar-refractivity contribution is -0.0427. The number of rotatable bonds is 7. The minimum Gasteiger partial charge on any atom is -0.401 e. The average molecular weight is 511 g/mol. The molecule has 1 aromatic heterocycles. The molecule has 3 N–H and O–H groups in total. The summed E-state index contributed by atoms with van der Waals surface area (Å²) in [7, 11) is -3.04. The summed E-state index contributed by atoms with van der Waals surface area (Å²) < 4.78 is 14.2. The van der Waals surface area contributed by atoms with Crippen molar-refractivity contribution in [3.05, 3.63) is 114 Å². The molecule has 3 aromatic carbocycles. The lowest BCUT2D eigenvalue weighted by Gasteiger charge is -2.34. The van der Waals surface area contributed by atoms with E-state index in [2.05, 4.69) is 47.5 Å². The highest BCUT2D eigenvalue weighted by Gasteiger charge is 2.48. The molecule has 0 bridgehead atoms. The van der Waals surface area contributed by atoms with E-state index in [0.29, 0.717) is 0 Å². The summed E-state index contributed by atoms with van der Waals surface area (Å²) in [4.78, 5) is 16.2. The molecule has 0 spiro atoms. The van der Waals surface area contributed by atoms with Crippen LogP contribution in [0.4, 0.5) is 5.82 Å². The molecule has 0 unspecified atom stereocenters. The van der Waals surface area contributed by atoms with Crippen molar-refractivity contribution in [2.24, 2.45) is 5.92 Å². The molecule has 186 valence electrons. The van der Waals surface area contributed by atoms with Gasteiger partial charge in [0.05, 0.1) is 12.7 Å². The second-order valence-corrected chi connectivity index (χ2v) is 12.2. The Morgan fingerprint density at radius 2 is 1.46 bits per heavy atom. The molecule has 1 aliphatic heterocycles. The van der Waals surface area contributed by atoms with E-state index in [4.69, 9.17) is 14.9 Å². The fraction of sp³-hybridized carbons (Fsp3) is 0.179. The summed E-state index contributed by atoms with van der Waals surface area (Å²) in [6.07, 6.45) is -1.61. The Balaban J connectivity index is 1.54. The molecule has 1 saturated heterocycles. The van der Waals surface area contributed by atoms with Crippen LogP contribution in [0.3, 0.4) is 0 Å². The molecule has 0 aliphatic carbocycles. The van der Waals surface area contributed by atoms with Gasteiger partial charge in [0.25, 0.3) is 8.32 Å². The summed E-state index contributed by atoms with van der Waals surface area (Å²) in [5.41, 5.74) is 4.96. The summed E-state index contributed by atoms with van der Waals surface area (Å²) in [5, 5.41) is 24.0. The topological polar surface area (TPSA) is 123 Å². The first-order valence-corrected chi connectivity index (χ1v) is 13.8. The normalized spacial score (nSPS) is 21.4. The third-order valence-electron chi connectivity index (χ3n) is 6.65. The van der Waals surface area contributed by atoms with Crippen molar-refractivity contribution in [1.82, 2.24) is 9.55 Å². The third kappa shape index (κ3) is 4.59. The predicted octanol–water partition coefficient (Wildman–Crippen LogP) is 0.907. The number of nitriles is 1. The van der Waals surface area contributed by atoms with Crippen LogP contribution >= 0.6 is 0 Å². The van der Waals surface area contributed by atoms with E-state index in [-0.39, 0.29) is 12.4 Å². The molecular formula is C28H26N4O4Si. The van der Waals surface area contributed by atoms with Crippen LogP contribution < -0.4 is 27.0 Å². The van der Waals surface area contributed by atoms with Crippen LogP contribution in [0, 0.1) is 17.2 Å². The Bertz CT molecular complexity index is 1350. The van der Waals surface area contributed by atoms with Crippen LogP contribution in [0.1, 0.15) is 6.23 Å². The second kappa shape index (κ2) is 10.5. The van der Waals surface area contributed by atoms with Gasteiger partial charge in [-0.2, -0.15) is 10.2 Å². The first-order chi connectivity index (χ1) is 18.0. The highest BCUT2D eigenvalue weighted by atomic mass is 28.4. The summed E-state index contributed by atoms with van der Waals surface area (Å²) >= 11 is 0. The largest absolute Gasteiger partial charge is 0.401 e. The van der Waals surface area contributed by atoms with Crippen molar-refractivity contribution in [3.63, 3.8) is 0 Å².